The predicted molar refractivity (Wildman–Crippen MR) is 124 cm³/mol. The van der Waals surface area contributed by atoms with Crippen molar-refractivity contribution >= 4 is 23.2 Å². The Kier molecular flexibility index (Phi) is 7.43. The number of anilines is 2. The highest BCUT2D eigenvalue weighted by molar-refractivity contribution is 6.02. The maximum absolute atomic E-state index is 13.3. The lowest BCUT2D eigenvalue weighted by Crippen LogP contribution is -2.34. The van der Waals surface area contributed by atoms with Crippen LogP contribution in [0.25, 0.3) is 0 Å². The average Bonchev–Trinajstić information content (AvgIpc) is 3.21. The molecule has 0 aromatic heterocycles. The van der Waals surface area contributed by atoms with Gasteiger partial charge in [-0.2, -0.15) is 0 Å². The van der Waals surface area contributed by atoms with E-state index in [4.69, 9.17) is 0 Å². The van der Waals surface area contributed by atoms with Crippen molar-refractivity contribution in [2.45, 2.75) is 72.6 Å². The van der Waals surface area contributed by atoms with Crippen molar-refractivity contribution in [3.63, 3.8) is 0 Å². The number of likely N-dealkylation sites (tertiary alicyclic amines) is 1. The van der Waals surface area contributed by atoms with Crippen LogP contribution >= 0.6 is 0 Å². The van der Waals surface area contributed by atoms with E-state index in [9.17, 15) is 9.59 Å². The summed E-state index contributed by atoms with van der Waals surface area (Å²) in [5.41, 5.74) is 2.70. The van der Waals surface area contributed by atoms with Gasteiger partial charge in [0.1, 0.15) is 0 Å². The van der Waals surface area contributed by atoms with Gasteiger partial charge in [0, 0.05) is 44.0 Å². The SMILES string of the molecule is CC(CC(=O)Nc1ccc(N2CCCCC2)c(C(=O)N2CCCC2)c1)CC(C)(C)C. The summed E-state index contributed by atoms with van der Waals surface area (Å²) in [4.78, 5) is 30.2. The molecule has 1 N–H and O–H groups in total. The van der Waals surface area contributed by atoms with Crippen molar-refractivity contribution in [1.82, 2.24) is 4.90 Å². The first-order valence-electron chi connectivity index (χ1n) is 11.7. The number of carbonyl (C=O) groups excluding carboxylic acids is 2. The van der Waals surface area contributed by atoms with Crippen molar-refractivity contribution in [3.05, 3.63) is 23.8 Å². The fourth-order valence-corrected chi connectivity index (χ4v) is 4.93. The van der Waals surface area contributed by atoms with Gasteiger partial charge < -0.3 is 15.1 Å². The van der Waals surface area contributed by atoms with Gasteiger partial charge in [0.05, 0.1) is 5.56 Å². The maximum Gasteiger partial charge on any atom is 0.256 e. The molecule has 2 aliphatic rings. The third-order valence-corrected chi connectivity index (χ3v) is 6.10. The minimum atomic E-state index is 0.0250. The predicted octanol–water partition coefficient (Wildman–Crippen LogP) is 5.31. The Bertz CT molecular complexity index is 741. The van der Waals surface area contributed by atoms with E-state index >= 15 is 0 Å². The number of amides is 2. The molecule has 1 atom stereocenters. The van der Waals surface area contributed by atoms with Crippen molar-refractivity contribution in [2.75, 3.05) is 36.4 Å². The zero-order valence-corrected chi connectivity index (χ0v) is 19.3. The van der Waals surface area contributed by atoms with Gasteiger partial charge in [0.25, 0.3) is 5.91 Å². The highest BCUT2D eigenvalue weighted by atomic mass is 16.2. The fourth-order valence-electron chi connectivity index (χ4n) is 4.93. The summed E-state index contributed by atoms with van der Waals surface area (Å²) in [7, 11) is 0. The first-order chi connectivity index (χ1) is 14.2. The van der Waals surface area contributed by atoms with Crippen molar-refractivity contribution < 1.29 is 9.59 Å². The first-order valence-corrected chi connectivity index (χ1v) is 11.7. The lowest BCUT2D eigenvalue weighted by atomic mass is 9.84. The Morgan fingerprint density at radius 2 is 1.63 bits per heavy atom. The zero-order valence-electron chi connectivity index (χ0n) is 19.3. The molecule has 2 fully saturated rings. The molecule has 2 saturated heterocycles. The van der Waals surface area contributed by atoms with Gasteiger partial charge in [0.2, 0.25) is 5.91 Å². The summed E-state index contributed by atoms with van der Waals surface area (Å²) in [6.07, 6.45) is 7.25. The molecule has 0 saturated carbocycles. The molecular formula is C25H39N3O2. The Hall–Kier alpha value is -2.04. The normalized spacial score (nSPS) is 18.4. The minimum Gasteiger partial charge on any atom is -0.371 e. The summed E-state index contributed by atoms with van der Waals surface area (Å²) < 4.78 is 0. The topological polar surface area (TPSA) is 52.7 Å². The highest BCUT2D eigenvalue weighted by Crippen LogP contribution is 2.30. The van der Waals surface area contributed by atoms with E-state index in [0.717, 1.165) is 62.4 Å². The second kappa shape index (κ2) is 9.84. The summed E-state index contributed by atoms with van der Waals surface area (Å²) in [6, 6.07) is 5.89. The van der Waals surface area contributed by atoms with E-state index in [1.54, 1.807) is 0 Å². The minimum absolute atomic E-state index is 0.0250. The first kappa shape index (κ1) is 22.6. The van der Waals surface area contributed by atoms with Gasteiger partial charge in [-0.15, -0.1) is 0 Å². The smallest absolute Gasteiger partial charge is 0.256 e. The molecule has 1 aromatic rings. The van der Waals surface area contributed by atoms with Gasteiger partial charge in [-0.25, -0.2) is 0 Å². The zero-order chi connectivity index (χ0) is 21.7. The molecule has 2 aliphatic heterocycles. The van der Waals surface area contributed by atoms with Crippen LogP contribution in [0.1, 0.15) is 83.0 Å². The van der Waals surface area contributed by atoms with E-state index in [1.165, 1.54) is 19.3 Å². The van der Waals surface area contributed by atoms with Crippen molar-refractivity contribution in [2.24, 2.45) is 11.3 Å². The van der Waals surface area contributed by atoms with Crippen molar-refractivity contribution in [1.29, 1.82) is 0 Å². The lowest BCUT2D eigenvalue weighted by molar-refractivity contribution is -0.117. The molecule has 3 rings (SSSR count). The second-order valence-corrected chi connectivity index (χ2v) is 10.4. The second-order valence-electron chi connectivity index (χ2n) is 10.4. The Morgan fingerprint density at radius 3 is 2.27 bits per heavy atom. The van der Waals surface area contributed by atoms with E-state index in [-0.39, 0.29) is 17.2 Å². The number of rotatable bonds is 6. The quantitative estimate of drug-likeness (QED) is 0.687. The summed E-state index contributed by atoms with van der Waals surface area (Å²) >= 11 is 0. The molecule has 0 bridgehead atoms. The number of nitrogens with one attached hydrogen (secondary N) is 1. The van der Waals surface area contributed by atoms with E-state index in [1.807, 2.05) is 23.1 Å². The standard InChI is InChI=1S/C25H39N3O2/c1-19(18-25(2,3)4)16-23(29)26-20-10-11-22(27-12-6-5-7-13-27)21(17-20)24(30)28-14-8-9-15-28/h10-11,17,19H,5-9,12-16,18H2,1-4H3,(H,26,29). The maximum atomic E-state index is 13.3. The molecule has 2 amide bonds. The third-order valence-electron chi connectivity index (χ3n) is 6.10. The van der Waals surface area contributed by atoms with Gasteiger partial charge in [-0.1, -0.05) is 27.7 Å². The van der Waals surface area contributed by atoms with E-state index in [0.29, 0.717) is 12.3 Å². The van der Waals surface area contributed by atoms with Crippen molar-refractivity contribution in [3.8, 4) is 0 Å². The fraction of sp³-hybridized carbons (Fsp3) is 0.680. The summed E-state index contributed by atoms with van der Waals surface area (Å²) in [5, 5.41) is 3.05. The highest BCUT2D eigenvalue weighted by Gasteiger charge is 2.25. The molecular weight excluding hydrogens is 374 g/mol. The molecule has 0 aliphatic carbocycles. The molecule has 1 aromatic carbocycles. The molecule has 5 nitrogen and oxygen atoms in total. The molecule has 5 heteroatoms. The van der Waals surface area contributed by atoms with Crippen LogP contribution in [0.5, 0.6) is 0 Å². The van der Waals surface area contributed by atoms with Crippen LogP contribution in [0.15, 0.2) is 18.2 Å². The molecule has 30 heavy (non-hydrogen) atoms. The Balaban J connectivity index is 1.76. The van der Waals surface area contributed by atoms with Crippen LogP contribution in [0.2, 0.25) is 0 Å². The Morgan fingerprint density at radius 1 is 1.00 bits per heavy atom. The van der Waals surface area contributed by atoms with Crippen LogP contribution in [0, 0.1) is 11.3 Å². The monoisotopic (exact) mass is 413 g/mol. The van der Waals surface area contributed by atoms with E-state index < -0.39 is 0 Å². The Labute approximate surface area is 182 Å². The average molecular weight is 414 g/mol. The summed E-state index contributed by atoms with van der Waals surface area (Å²) in [5.74, 6) is 0.450. The number of nitrogens with zero attached hydrogens (tertiary/aromatic N) is 2. The molecule has 0 radical (unpaired) electrons. The van der Waals surface area contributed by atoms with Crippen LogP contribution in [0.4, 0.5) is 11.4 Å². The van der Waals surface area contributed by atoms with Crippen LogP contribution in [0.3, 0.4) is 0 Å². The number of piperidine rings is 1. The largest absolute Gasteiger partial charge is 0.371 e. The van der Waals surface area contributed by atoms with Crippen LogP contribution in [-0.4, -0.2) is 42.9 Å². The van der Waals surface area contributed by atoms with Gasteiger partial charge in [0.15, 0.2) is 0 Å². The van der Waals surface area contributed by atoms with Gasteiger partial charge >= 0.3 is 0 Å². The molecule has 1 unspecified atom stereocenters. The molecule has 2 heterocycles. The molecule has 0 spiro atoms. The number of carbonyl (C=O) groups is 2. The summed E-state index contributed by atoms with van der Waals surface area (Å²) in [6.45, 7) is 12.4. The molecule has 166 valence electrons. The van der Waals surface area contributed by atoms with Crippen LogP contribution < -0.4 is 10.2 Å². The lowest BCUT2D eigenvalue weighted by Gasteiger charge is -2.31. The third kappa shape index (κ3) is 6.23. The van der Waals surface area contributed by atoms with E-state index in [2.05, 4.69) is 37.9 Å². The van der Waals surface area contributed by atoms with Gasteiger partial charge in [-0.3, -0.25) is 9.59 Å². The van der Waals surface area contributed by atoms with Crippen LogP contribution in [-0.2, 0) is 4.79 Å². The number of benzene rings is 1. The number of hydrogen-bond donors (Lipinski definition) is 1. The van der Waals surface area contributed by atoms with Gasteiger partial charge in [-0.05, 0) is 68.1 Å². The number of hydrogen-bond acceptors (Lipinski definition) is 3.